The van der Waals surface area contributed by atoms with Gasteiger partial charge in [-0.1, -0.05) is 30.3 Å². The Kier molecular flexibility index (Phi) is 9.10. The molecule has 0 radical (unpaired) electrons. The number of nitrogens with zero attached hydrogens (tertiary/aromatic N) is 8. The predicted octanol–water partition coefficient (Wildman–Crippen LogP) is 4.54. The first-order chi connectivity index (χ1) is 19.9. The summed E-state index contributed by atoms with van der Waals surface area (Å²) in [5.74, 6) is 1.65. The smallest absolute Gasteiger partial charge is 0.410 e. The van der Waals surface area contributed by atoms with E-state index in [2.05, 4.69) is 20.2 Å². The van der Waals surface area contributed by atoms with Crippen LogP contribution >= 0.6 is 11.6 Å². The molecule has 1 N–H and O–H groups in total. The summed E-state index contributed by atoms with van der Waals surface area (Å²) in [7, 11) is 0. The number of fused-ring (bicyclic) bond motifs is 1. The summed E-state index contributed by atoms with van der Waals surface area (Å²) < 4.78 is 13.0. The van der Waals surface area contributed by atoms with Crippen LogP contribution in [0.15, 0.2) is 48.9 Å². The SMILES string of the molecule is CCOCCn1nc(C(C)Cl)c2nc(N3CCN(C(=O)OCc4ccccc4)[C@H](C)C3)nc(Nc3ccncn3)c21. The molecular weight excluding hydrogens is 546 g/mol. The van der Waals surface area contributed by atoms with E-state index in [-0.39, 0.29) is 24.1 Å². The zero-order chi connectivity index (χ0) is 28.8. The van der Waals surface area contributed by atoms with Crippen LogP contribution in [0.25, 0.3) is 11.0 Å². The summed E-state index contributed by atoms with van der Waals surface area (Å²) in [5.41, 5.74) is 2.97. The molecule has 2 atom stereocenters. The van der Waals surface area contributed by atoms with Crippen molar-refractivity contribution in [3.8, 4) is 0 Å². The lowest BCUT2D eigenvalue weighted by Gasteiger charge is -2.39. The van der Waals surface area contributed by atoms with Gasteiger partial charge in [0.15, 0.2) is 5.82 Å². The second kappa shape index (κ2) is 13.1. The van der Waals surface area contributed by atoms with Crippen LogP contribution in [0, 0.1) is 0 Å². The molecule has 216 valence electrons. The Morgan fingerprint density at radius 1 is 1.20 bits per heavy atom. The zero-order valence-electron chi connectivity index (χ0n) is 23.4. The van der Waals surface area contributed by atoms with Gasteiger partial charge in [0.25, 0.3) is 0 Å². The molecule has 1 unspecified atom stereocenters. The lowest BCUT2D eigenvalue weighted by Crippen LogP contribution is -2.54. The molecule has 4 heterocycles. The molecule has 0 bridgehead atoms. The molecule has 13 heteroatoms. The highest BCUT2D eigenvalue weighted by Gasteiger charge is 2.31. The van der Waals surface area contributed by atoms with E-state index in [1.54, 1.807) is 17.2 Å². The molecule has 1 aliphatic heterocycles. The van der Waals surface area contributed by atoms with Crippen molar-refractivity contribution in [3.05, 3.63) is 60.2 Å². The third kappa shape index (κ3) is 6.66. The standard InChI is InChI=1S/C28H34ClN9O3/c1-4-40-15-14-38-25-24(23(35-38)20(3)29)33-27(34-26(25)32-22-10-11-30-18-31-22)36-12-13-37(19(2)16-36)28(39)41-17-21-8-6-5-7-9-21/h5-11,18-20H,4,12-17H2,1-3H3,(H,30,31,32,33,34)/t19-,20?/m1/s1. The average molecular weight is 580 g/mol. The van der Waals surface area contributed by atoms with Crippen molar-refractivity contribution in [1.82, 2.24) is 34.6 Å². The molecule has 3 aromatic heterocycles. The second-order valence-electron chi connectivity index (χ2n) is 9.74. The Morgan fingerprint density at radius 3 is 2.73 bits per heavy atom. The van der Waals surface area contributed by atoms with Gasteiger partial charge in [-0.15, -0.1) is 11.6 Å². The summed E-state index contributed by atoms with van der Waals surface area (Å²) in [6, 6.07) is 11.3. The Morgan fingerprint density at radius 2 is 2.02 bits per heavy atom. The number of hydrogen-bond donors (Lipinski definition) is 1. The highest BCUT2D eigenvalue weighted by atomic mass is 35.5. The van der Waals surface area contributed by atoms with Gasteiger partial charge in [-0.3, -0.25) is 4.68 Å². The minimum atomic E-state index is -0.379. The van der Waals surface area contributed by atoms with Gasteiger partial charge in [-0.05, 0) is 32.4 Å². The number of amides is 1. The summed E-state index contributed by atoms with van der Waals surface area (Å²) >= 11 is 6.58. The predicted molar refractivity (Wildman–Crippen MR) is 156 cm³/mol. The van der Waals surface area contributed by atoms with E-state index in [0.29, 0.717) is 73.7 Å². The summed E-state index contributed by atoms with van der Waals surface area (Å²) in [6.07, 6.45) is 2.79. The molecule has 1 aliphatic rings. The molecule has 5 rings (SSSR count). The first-order valence-corrected chi connectivity index (χ1v) is 14.1. The third-order valence-corrected chi connectivity index (χ3v) is 7.01. The lowest BCUT2D eigenvalue weighted by atomic mass is 10.2. The molecular formula is C28H34ClN9O3. The molecule has 1 amide bonds. The maximum atomic E-state index is 12.9. The number of hydrogen-bond acceptors (Lipinski definition) is 10. The van der Waals surface area contributed by atoms with Crippen LogP contribution in [0.3, 0.4) is 0 Å². The molecule has 41 heavy (non-hydrogen) atoms. The van der Waals surface area contributed by atoms with Crippen molar-refractivity contribution in [2.24, 2.45) is 0 Å². The Labute approximate surface area is 243 Å². The number of benzene rings is 1. The summed E-state index contributed by atoms with van der Waals surface area (Å²) in [6.45, 7) is 9.19. The zero-order valence-corrected chi connectivity index (χ0v) is 24.2. The third-order valence-electron chi connectivity index (χ3n) is 6.81. The van der Waals surface area contributed by atoms with E-state index in [1.807, 2.05) is 55.8 Å². The Hall–Kier alpha value is -4.03. The van der Waals surface area contributed by atoms with Crippen molar-refractivity contribution >= 4 is 46.3 Å². The topological polar surface area (TPSA) is 123 Å². The molecule has 1 aromatic carbocycles. The van der Waals surface area contributed by atoms with Crippen molar-refractivity contribution in [2.45, 2.75) is 45.3 Å². The fourth-order valence-electron chi connectivity index (χ4n) is 4.75. The van der Waals surface area contributed by atoms with E-state index < -0.39 is 0 Å². The van der Waals surface area contributed by atoms with Crippen molar-refractivity contribution < 1.29 is 14.3 Å². The maximum Gasteiger partial charge on any atom is 0.410 e. The number of alkyl halides is 1. The number of nitrogens with one attached hydrogen (secondary N) is 1. The van der Waals surface area contributed by atoms with Gasteiger partial charge >= 0.3 is 6.09 Å². The van der Waals surface area contributed by atoms with Crippen molar-refractivity contribution in [1.29, 1.82) is 0 Å². The summed E-state index contributed by atoms with van der Waals surface area (Å²) in [5, 5.41) is 7.73. The van der Waals surface area contributed by atoms with Crippen molar-refractivity contribution in [3.63, 3.8) is 0 Å². The number of anilines is 3. The van der Waals surface area contributed by atoms with Gasteiger partial charge in [0.1, 0.15) is 35.5 Å². The molecule has 0 saturated carbocycles. The van der Waals surface area contributed by atoms with Gasteiger partial charge in [0, 0.05) is 38.5 Å². The van der Waals surface area contributed by atoms with Crippen LogP contribution < -0.4 is 10.2 Å². The number of carbonyl (C=O) groups excluding carboxylic acids is 1. The number of halogens is 1. The number of rotatable bonds is 10. The first kappa shape index (κ1) is 28.5. The Bertz CT molecular complexity index is 1450. The normalized spacial score (nSPS) is 16.1. The molecule has 0 spiro atoms. The lowest BCUT2D eigenvalue weighted by molar-refractivity contribution is 0.0793. The largest absolute Gasteiger partial charge is 0.445 e. The first-order valence-electron chi connectivity index (χ1n) is 13.7. The average Bonchev–Trinajstić information content (AvgIpc) is 3.36. The van der Waals surface area contributed by atoms with Crippen LogP contribution in [0.4, 0.5) is 22.4 Å². The van der Waals surface area contributed by atoms with E-state index in [0.717, 1.165) is 5.56 Å². The van der Waals surface area contributed by atoms with Gasteiger partial charge in [-0.25, -0.2) is 19.7 Å². The van der Waals surface area contributed by atoms with Gasteiger partial charge in [-0.2, -0.15) is 10.1 Å². The van der Waals surface area contributed by atoms with Crippen LogP contribution in [0.2, 0.25) is 0 Å². The van der Waals surface area contributed by atoms with E-state index in [1.165, 1.54) is 6.33 Å². The minimum absolute atomic E-state index is 0.120. The van der Waals surface area contributed by atoms with Gasteiger partial charge in [0.2, 0.25) is 5.95 Å². The number of aromatic nitrogens is 6. The minimum Gasteiger partial charge on any atom is -0.445 e. The maximum absolute atomic E-state index is 12.9. The fraction of sp³-hybridized carbons (Fsp3) is 0.429. The summed E-state index contributed by atoms with van der Waals surface area (Å²) in [4.78, 5) is 34.9. The molecule has 4 aromatic rings. The van der Waals surface area contributed by atoms with Crippen LogP contribution in [-0.2, 0) is 22.6 Å². The molecule has 0 aliphatic carbocycles. The number of piperazine rings is 1. The van der Waals surface area contributed by atoms with Crippen molar-refractivity contribution in [2.75, 3.05) is 43.1 Å². The Balaban J connectivity index is 1.42. The van der Waals surface area contributed by atoms with Gasteiger partial charge in [0.05, 0.1) is 18.5 Å². The highest BCUT2D eigenvalue weighted by Crippen LogP contribution is 2.33. The number of ether oxygens (including phenoxy) is 2. The highest BCUT2D eigenvalue weighted by molar-refractivity contribution is 6.21. The molecule has 1 saturated heterocycles. The van der Waals surface area contributed by atoms with Crippen LogP contribution in [0.1, 0.15) is 37.4 Å². The van der Waals surface area contributed by atoms with Crippen LogP contribution in [0.5, 0.6) is 0 Å². The second-order valence-corrected chi connectivity index (χ2v) is 10.4. The molecule has 12 nitrogen and oxygen atoms in total. The number of carbonyl (C=O) groups is 1. The monoisotopic (exact) mass is 579 g/mol. The fourth-order valence-corrected chi connectivity index (χ4v) is 4.89. The van der Waals surface area contributed by atoms with E-state index >= 15 is 0 Å². The van der Waals surface area contributed by atoms with E-state index in [9.17, 15) is 4.79 Å². The quantitative estimate of drug-likeness (QED) is 0.211. The molecule has 1 fully saturated rings. The van der Waals surface area contributed by atoms with Gasteiger partial charge < -0.3 is 24.6 Å². The van der Waals surface area contributed by atoms with Crippen LogP contribution in [-0.4, -0.2) is 79.6 Å². The van der Waals surface area contributed by atoms with E-state index in [4.69, 9.17) is 36.1 Å².